The van der Waals surface area contributed by atoms with Gasteiger partial charge >= 0.3 is 5.97 Å². The van der Waals surface area contributed by atoms with E-state index in [0.29, 0.717) is 83.5 Å². The lowest BCUT2D eigenvalue weighted by atomic mass is 9.81. The molecule has 2 fully saturated rings. The standard InChI is InChI=1S/C72H131NO19/c1-13-14-15-16-24-53-37-46(4)64(84)41-57(77)28-22-31-60(80)49(7)59(79)29-20-17-23-44(2)36-47(5)65-42-66(91-71-70(87)68(73(11)12)69(86)52(10)90-71)51(9)72(88,92-65)43-67(85)89-48(6)33-34-58(78)39-55(75)27-21-30-61(81)50(8)62(82)35-32-45(3)63(83)40-56(76)26-19-18-25-54(74)38-53/h17,20,23,33-34,37,45,47-66,68-71,74-84,86-88H,13-16,18-19,21-22,24-32,35-36,38-43H2,1-12H3/b20-17+,34-33+,44-23+,46-37+/t45-,47-,48?,49-,50+,51+,52+,53?,54?,55-,56-,57+,58+,59+,60-,61-,62+,63+,64-,65-,66-,68-,69+,70+,71?,72?/m0/s1. The molecule has 538 valence electrons. The number of aliphatic hydroxyl groups excluding tert-OH is 13. The van der Waals surface area contributed by atoms with Gasteiger partial charge in [-0.25, -0.2) is 0 Å². The molecule has 20 nitrogen and oxygen atoms in total. The summed E-state index contributed by atoms with van der Waals surface area (Å²) in [6.45, 7) is 18.3. The van der Waals surface area contributed by atoms with Crippen LogP contribution in [0.1, 0.15) is 230 Å². The second-order valence-corrected chi connectivity index (χ2v) is 28.9. The molecule has 3 aliphatic rings. The first-order valence-corrected chi connectivity index (χ1v) is 35.4. The Labute approximate surface area is 552 Å². The molecule has 26 atom stereocenters. The van der Waals surface area contributed by atoms with Gasteiger partial charge in [-0.3, -0.25) is 4.79 Å². The highest BCUT2D eigenvalue weighted by atomic mass is 16.7. The molecule has 5 unspecified atom stereocenters. The first kappa shape index (κ1) is 83.9. The van der Waals surface area contributed by atoms with Crippen molar-refractivity contribution in [2.45, 2.75) is 352 Å². The number of aliphatic hydroxyl groups is 14. The van der Waals surface area contributed by atoms with Crippen molar-refractivity contribution in [1.82, 2.24) is 4.90 Å². The molecule has 0 aromatic rings. The van der Waals surface area contributed by atoms with Crippen LogP contribution >= 0.6 is 0 Å². The van der Waals surface area contributed by atoms with E-state index in [1.165, 1.54) is 12.2 Å². The maximum atomic E-state index is 13.7. The van der Waals surface area contributed by atoms with Crippen LogP contribution in [0.15, 0.2) is 47.6 Å². The minimum atomic E-state index is -2.12. The van der Waals surface area contributed by atoms with Crippen LogP contribution in [0.3, 0.4) is 0 Å². The van der Waals surface area contributed by atoms with Crippen LogP contribution in [0.25, 0.3) is 0 Å². The van der Waals surface area contributed by atoms with Gasteiger partial charge < -0.3 is 95.3 Å². The van der Waals surface area contributed by atoms with Crippen molar-refractivity contribution in [3.63, 3.8) is 0 Å². The van der Waals surface area contributed by atoms with Crippen molar-refractivity contribution in [2.75, 3.05) is 14.1 Å². The van der Waals surface area contributed by atoms with E-state index in [9.17, 15) is 76.3 Å². The van der Waals surface area contributed by atoms with Gasteiger partial charge in [-0.15, -0.1) is 0 Å². The maximum Gasteiger partial charge on any atom is 0.311 e. The van der Waals surface area contributed by atoms with Crippen LogP contribution in [0, 0.1) is 35.5 Å². The summed E-state index contributed by atoms with van der Waals surface area (Å²) in [5.41, 5.74) is 1.69. The molecule has 0 aliphatic carbocycles. The van der Waals surface area contributed by atoms with E-state index < -0.39 is 152 Å². The zero-order valence-corrected chi connectivity index (χ0v) is 58.3. The fourth-order valence-electron chi connectivity index (χ4n) is 13.5. The average molecular weight is 1310 g/mol. The highest BCUT2D eigenvalue weighted by molar-refractivity contribution is 5.71. The number of likely N-dealkylation sites (N-methyl/N-ethyl adjacent to an activating group) is 1. The topological polar surface area (TPSA) is 340 Å². The molecule has 2 bridgehead atoms. The Morgan fingerprint density at radius 2 is 1.20 bits per heavy atom. The summed E-state index contributed by atoms with van der Waals surface area (Å²) in [5.74, 6) is -5.17. The van der Waals surface area contributed by atoms with Crippen LogP contribution in [0.5, 0.6) is 0 Å². The second kappa shape index (κ2) is 43.2. The number of hydrogen-bond acceptors (Lipinski definition) is 20. The van der Waals surface area contributed by atoms with E-state index in [2.05, 4.69) is 6.92 Å². The average Bonchev–Trinajstić information content (AvgIpc) is 0.829. The van der Waals surface area contributed by atoms with Crippen molar-refractivity contribution in [2.24, 2.45) is 35.5 Å². The van der Waals surface area contributed by atoms with E-state index >= 15 is 0 Å². The summed E-state index contributed by atoms with van der Waals surface area (Å²) in [7, 11) is 3.47. The number of unbranched alkanes of at least 4 members (excludes halogenated alkanes) is 3. The molecule has 2 saturated heterocycles. The number of carbonyl (C=O) groups is 1. The molecule has 20 heteroatoms. The number of rotatable bonds is 8. The van der Waals surface area contributed by atoms with Crippen molar-refractivity contribution in [3.8, 4) is 0 Å². The largest absolute Gasteiger partial charge is 0.458 e. The zero-order chi connectivity index (χ0) is 69.0. The molecule has 92 heavy (non-hydrogen) atoms. The molecule has 0 aromatic carbocycles. The fourth-order valence-corrected chi connectivity index (χ4v) is 13.5. The van der Waals surface area contributed by atoms with Gasteiger partial charge in [0, 0.05) is 37.0 Å². The van der Waals surface area contributed by atoms with E-state index in [-0.39, 0.29) is 56.3 Å². The van der Waals surface area contributed by atoms with Crippen LogP contribution < -0.4 is 0 Å². The third-order valence-electron chi connectivity index (χ3n) is 20.2. The summed E-state index contributed by atoms with van der Waals surface area (Å²) in [6, 6.07) is -0.726. The predicted octanol–water partition coefficient (Wildman–Crippen LogP) is 7.35. The Morgan fingerprint density at radius 1 is 0.620 bits per heavy atom. The molecule has 0 spiro atoms. The van der Waals surface area contributed by atoms with Gasteiger partial charge in [-0.05, 0) is 168 Å². The predicted molar refractivity (Wildman–Crippen MR) is 356 cm³/mol. The summed E-state index contributed by atoms with van der Waals surface area (Å²) < 4.78 is 24.7. The molecule has 3 aliphatic heterocycles. The van der Waals surface area contributed by atoms with Gasteiger partial charge in [0.25, 0.3) is 0 Å². The van der Waals surface area contributed by atoms with Gasteiger partial charge in [-0.1, -0.05) is 116 Å². The van der Waals surface area contributed by atoms with E-state index in [1.807, 2.05) is 52.0 Å². The molecular formula is C72H131NO19. The van der Waals surface area contributed by atoms with Crippen LogP contribution in [0.4, 0.5) is 0 Å². The highest BCUT2D eigenvalue weighted by Crippen LogP contribution is 2.42. The lowest BCUT2D eigenvalue weighted by molar-refractivity contribution is -0.349. The molecule has 0 amide bonds. The minimum Gasteiger partial charge on any atom is -0.458 e. The monoisotopic (exact) mass is 1310 g/mol. The fraction of sp³-hybridized carbons (Fsp3) is 0.875. The number of hydrogen-bond donors (Lipinski definition) is 14. The van der Waals surface area contributed by atoms with Gasteiger partial charge in [-0.2, -0.15) is 0 Å². The number of allylic oxidation sites excluding steroid dienone is 4. The minimum absolute atomic E-state index is 0.0294. The van der Waals surface area contributed by atoms with E-state index in [4.69, 9.17) is 18.9 Å². The SMILES string of the molecule is CCCCCCC1/C=C(\C)[C@@H](O)C[C@H](O)CCC[C@H](O)[C@@H](C)[C@H](O)C/C=C/C=C(\C)C[C@H](C)[C@@H]2C[C@H](OC3O[C@H](C)[C@@H](O)[C@H](N(C)C)[C@H]3O)[C@@H](C)C(O)(CC(=O)OC(C)/C=C/[C@@H](O)C[C@@H](O)CCC[C@H](O)[C@@H](C)[C@H](O)CC[C@H](C)[C@H](O)C[C@@H](O)CCCCC(O)C1)O2. The van der Waals surface area contributed by atoms with Gasteiger partial charge in [0.15, 0.2) is 12.1 Å². The van der Waals surface area contributed by atoms with Gasteiger partial charge in [0.05, 0.1) is 104 Å². The second-order valence-electron chi connectivity index (χ2n) is 28.9. The lowest BCUT2D eigenvalue weighted by Gasteiger charge is -2.50. The number of ether oxygens (including phenoxy) is 4. The molecule has 3 heterocycles. The Kier molecular flexibility index (Phi) is 39.4. The zero-order valence-electron chi connectivity index (χ0n) is 58.3. The molecule has 0 saturated carbocycles. The molecule has 0 radical (unpaired) electrons. The quantitative estimate of drug-likeness (QED) is 0.0642. The van der Waals surface area contributed by atoms with Crippen molar-refractivity contribution < 1.29 is 95.2 Å². The Hall–Kier alpha value is -2.29. The van der Waals surface area contributed by atoms with Crippen LogP contribution in [0.2, 0.25) is 0 Å². The van der Waals surface area contributed by atoms with Crippen molar-refractivity contribution >= 4 is 5.97 Å². The number of carbonyl (C=O) groups excluding carboxylic acids is 1. The molecule has 3 rings (SSSR count). The number of fused-ring (bicyclic) bond motifs is 2. The number of esters is 1. The van der Waals surface area contributed by atoms with Gasteiger partial charge in [0.2, 0.25) is 0 Å². The summed E-state index contributed by atoms with van der Waals surface area (Å²) in [5, 5.41) is 156. The molecule has 0 aromatic heterocycles. The Balaban J connectivity index is 1.80. The third-order valence-corrected chi connectivity index (χ3v) is 20.2. The first-order chi connectivity index (χ1) is 43.3. The maximum absolute atomic E-state index is 13.7. The normalized spacial score (nSPS) is 43.3. The lowest BCUT2D eigenvalue weighted by Crippen LogP contribution is -2.64. The Bertz CT molecular complexity index is 2130. The van der Waals surface area contributed by atoms with Crippen LogP contribution in [-0.4, -0.2) is 218 Å². The summed E-state index contributed by atoms with van der Waals surface area (Å²) >= 11 is 0. The third kappa shape index (κ3) is 30.2. The molecular weight excluding hydrogens is 1180 g/mol. The van der Waals surface area contributed by atoms with E-state index in [1.54, 1.807) is 53.6 Å². The highest BCUT2D eigenvalue weighted by Gasteiger charge is 2.53. The van der Waals surface area contributed by atoms with Crippen LogP contribution in [-0.2, 0) is 23.7 Å². The first-order valence-electron chi connectivity index (χ1n) is 35.4. The van der Waals surface area contributed by atoms with Gasteiger partial charge in [0.1, 0.15) is 12.2 Å². The van der Waals surface area contributed by atoms with Crippen molar-refractivity contribution in [3.05, 3.63) is 47.6 Å². The molecule has 14 N–H and O–H groups in total. The van der Waals surface area contributed by atoms with E-state index in [0.717, 1.165) is 43.3 Å². The smallest absolute Gasteiger partial charge is 0.311 e. The number of cyclic esters (lactones) is 1. The summed E-state index contributed by atoms with van der Waals surface area (Å²) in [4.78, 5) is 15.4. The van der Waals surface area contributed by atoms with Crippen molar-refractivity contribution in [1.29, 1.82) is 0 Å². The number of nitrogens with zero attached hydrogens (tertiary/aromatic N) is 1. The Morgan fingerprint density at radius 3 is 1.82 bits per heavy atom. The summed E-state index contributed by atoms with van der Waals surface area (Å²) in [6.07, 6.45) is 6.42.